The van der Waals surface area contributed by atoms with Gasteiger partial charge in [-0.3, -0.25) is 4.79 Å². The van der Waals surface area contributed by atoms with Crippen molar-refractivity contribution in [2.75, 3.05) is 0 Å². The van der Waals surface area contributed by atoms with Crippen molar-refractivity contribution in [3.8, 4) is 0 Å². The van der Waals surface area contributed by atoms with Gasteiger partial charge < -0.3 is 4.42 Å². The van der Waals surface area contributed by atoms with Gasteiger partial charge in [0.15, 0.2) is 0 Å². The summed E-state index contributed by atoms with van der Waals surface area (Å²) in [7, 11) is 0. The molecule has 0 atom stereocenters. The van der Waals surface area contributed by atoms with E-state index in [4.69, 9.17) is 4.42 Å². The van der Waals surface area contributed by atoms with Crippen molar-refractivity contribution in [1.29, 1.82) is 0 Å². The molecule has 0 saturated heterocycles. The summed E-state index contributed by atoms with van der Waals surface area (Å²) in [6.45, 7) is 2.08. The van der Waals surface area contributed by atoms with Crippen LogP contribution in [0, 0.1) is 5.82 Å². The van der Waals surface area contributed by atoms with Crippen LogP contribution < -0.4 is 5.63 Å². The summed E-state index contributed by atoms with van der Waals surface area (Å²) >= 11 is 0. The fourth-order valence-electron chi connectivity index (χ4n) is 2.22. The van der Waals surface area contributed by atoms with E-state index < -0.39 is 11.4 Å². The van der Waals surface area contributed by atoms with Crippen molar-refractivity contribution >= 4 is 16.8 Å². The third kappa shape index (κ3) is 3.53. The topological polar surface area (TPSA) is 47.3 Å². The predicted molar refractivity (Wildman–Crippen MR) is 75.3 cm³/mol. The summed E-state index contributed by atoms with van der Waals surface area (Å²) in [5, 5.41) is 0.620. The van der Waals surface area contributed by atoms with Crippen LogP contribution in [0.15, 0.2) is 33.5 Å². The van der Waals surface area contributed by atoms with Gasteiger partial charge in [-0.1, -0.05) is 19.8 Å². The fourth-order valence-corrected chi connectivity index (χ4v) is 2.22. The van der Waals surface area contributed by atoms with Crippen molar-refractivity contribution in [3.63, 3.8) is 0 Å². The highest BCUT2D eigenvalue weighted by Gasteiger charge is 2.10. The van der Waals surface area contributed by atoms with E-state index in [0.717, 1.165) is 19.3 Å². The molecule has 4 heteroatoms. The largest absolute Gasteiger partial charge is 0.423 e. The number of rotatable bonds is 6. The zero-order valence-corrected chi connectivity index (χ0v) is 11.4. The predicted octanol–water partition coefficient (Wildman–Crippen LogP) is 3.62. The van der Waals surface area contributed by atoms with Gasteiger partial charge in [-0.2, -0.15) is 0 Å². The molecule has 0 unspecified atom stereocenters. The Morgan fingerprint density at radius 3 is 2.80 bits per heavy atom. The van der Waals surface area contributed by atoms with Gasteiger partial charge in [0, 0.05) is 30.4 Å². The first-order valence-corrected chi connectivity index (χ1v) is 6.84. The molecule has 0 saturated carbocycles. The average molecular weight is 276 g/mol. The quantitative estimate of drug-likeness (QED) is 0.598. The highest BCUT2D eigenvalue weighted by atomic mass is 19.1. The van der Waals surface area contributed by atoms with Crippen LogP contribution in [0.1, 0.15) is 38.2 Å². The van der Waals surface area contributed by atoms with E-state index in [1.54, 1.807) is 6.07 Å². The van der Waals surface area contributed by atoms with Gasteiger partial charge >= 0.3 is 5.63 Å². The number of hydrogen-bond acceptors (Lipinski definition) is 3. The van der Waals surface area contributed by atoms with Crippen LogP contribution in [-0.2, 0) is 11.2 Å². The molecule has 0 fully saturated rings. The SMILES string of the molecule is CCCCCC(=O)Cc1cc(=O)oc2cc(F)ccc12. The Hall–Kier alpha value is -1.97. The van der Waals surface area contributed by atoms with Crippen LogP contribution in [0.2, 0.25) is 0 Å². The maximum atomic E-state index is 13.1. The second kappa shape index (κ2) is 6.46. The summed E-state index contributed by atoms with van der Waals surface area (Å²) in [6.07, 6.45) is 3.65. The van der Waals surface area contributed by atoms with Gasteiger partial charge in [-0.25, -0.2) is 9.18 Å². The van der Waals surface area contributed by atoms with E-state index in [9.17, 15) is 14.0 Å². The summed E-state index contributed by atoms with van der Waals surface area (Å²) in [4.78, 5) is 23.4. The van der Waals surface area contributed by atoms with Crippen LogP contribution >= 0.6 is 0 Å². The zero-order valence-electron chi connectivity index (χ0n) is 11.4. The Labute approximate surface area is 116 Å². The van der Waals surface area contributed by atoms with Gasteiger partial charge in [0.1, 0.15) is 17.2 Å². The summed E-state index contributed by atoms with van der Waals surface area (Å²) in [6, 6.07) is 5.33. The Bertz CT molecular complexity index is 673. The fraction of sp³-hybridized carbons (Fsp3) is 0.375. The molecule has 0 amide bonds. The van der Waals surface area contributed by atoms with Gasteiger partial charge in [-0.15, -0.1) is 0 Å². The van der Waals surface area contributed by atoms with Gasteiger partial charge in [0.25, 0.3) is 0 Å². The Morgan fingerprint density at radius 1 is 1.25 bits per heavy atom. The van der Waals surface area contributed by atoms with Crippen molar-refractivity contribution in [1.82, 2.24) is 0 Å². The molecule has 3 nitrogen and oxygen atoms in total. The second-order valence-electron chi connectivity index (χ2n) is 4.90. The molecule has 1 aromatic heterocycles. The molecule has 0 aliphatic rings. The van der Waals surface area contributed by atoms with Crippen molar-refractivity contribution in [3.05, 3.63) is 46.1 Å². The molecular weight excluding hydrogens is 259 g/mol. The summed E-state index contributed by atoms with van der Waals surface area (Å²) in [5.41, 5.74) is 0.242. The molecule has 2 rings (SSSR count). The molecule has 1 heterocycles. The molecule has 20 heavy (non-hydrogen) atoms. The summed E-state index contributed by atoms with van der Waals surface area (Å²) in [5.74, 6) is -0.373. The molecule has 2 aromatic rings. The van der Waals surface area contributed by atoms with E-state index >= 15 is 0 Å². The molecule has 0 spiro atoms. The molecule has 0 aliphatic carbocycles. The van der Waals surface area contributed by atoms with Crippen molar-refractivity contribution in [2.45, 2.75) is 39.0 Å². The van der Waals surface area contributed by atoms with Crippen molar-refractivity contribution < 1.29 is 13.6 Å². The molecule has 106 valence electrons. The van der Waals surface area contributed by atoms with Crippen LogP contribution in [0.3, 0.4) is 0 Å². The second-order valence-corrected chi connectivity index (χ2v) is 4.90. The van der Waals surface area contributed by atoms with E-state index in [1.165, 1.54) is 18.2 Å². The maximum absolute atomic E-state index is 13.1. The minimum Gasteiger partial charge on any atom is -0.423 e. The third-order valence-corrected chi connectivity index (χ3v) is 3.24. The lowest BCUT2D eigenvalue weighted by Gasteiger charge is -2.05. The molecule has 0 aliphatic heterocycles. The van der Waals surface area contributed by atoms with Crippen LogP contribution in [0.5, 0.6) is 0 Å². The molecule has 1 aromatic carbocycles. The van der Waals surface area contributed by atoms with Gasteiger partial charge in [0.2, 0.25) is 0 Å². The number of carbonyl (C=O) groups excluding carboxylic acids is 1. The Morgan fingerprint density at radius 2 is 2.05 bits per heavy atom. The number of hydrogen-bond donors (Lipinski definition) is 0. The van der Waals surface area contributed by atoms with Crippen LogP contribution in [0.25, 0.3) is 11.0 Å². The Balaban J connectivity index is 2.25. The van der Waals surface area contributed by atoms with E-state index in [1.807, 2.05) is 0 Å². The molecular formula is C16H17FO3. The first kappa shape index (κ1) is 14.4. The highest BCUT2D eigenvalue weighted by molar-refractivity contribution is 5.88. The number of carbonyl (C=O) groups is 1. The van der Waals surface area contributed by atoms with Gasteiger partial charge in [-0.05, 0) is 24.1 Å². The first-order valence-electron chi connectivity index (χ1n) is 6.84. The molecule has 0 bridgehead atoms. The van der Waals surface area contributed by atoms with Gasteiger partial charge in [0.05, 0.1) is 0 Å². The number of halogens is 1. The Kier molecular flexibility index (Phi) is 4.66. The first-order chi connectivity index (χ1) is 9.60. The number of ketones is 1. The highest BCUT2D eigenvalue weighted by Crippen LogP contribution is 2.19. The summed E-state index contributed by atoms with van der Waals surface area (Å²) < 4.78 is 18.1. The van der Waals surface area contributed by atoms with Crippen LogP contribution in [0.4, 0.5) is 4.39 Å². The zero-order chi connectivity index (χ0) is 14.5. The molecule has 0 radical (unpaired) electrons. The lowest BCUT2D eigenvalue weighted by atomic mass is 10.0. The minimum absolute atomic E-state index is 0.0923. The maximum Gasteiger partial charge on any atom is 0.336 e. The lowest BCUT2D eigenvalue weighted by molar-refractivity contribution is -0.118. The normalized spacial score (nSPS) is 10.9. The number of fused-ring (bicyclic) bond motifs is 1. The minimum atomic E-state index is -0.556. The van der Waals surface area contributed by atoms with E-state index in [2.05, 4.69) is 6.92 Å². The lowest BCUT2D eigenvalue weighted by Crippen LogP contribution is -2.07. The van der Waals surface area contributed by atoms with E-state index in [0.29, 0.717) is 17.4 Å². The number of unbranched alkanes of at least 4 members (excludes halogenated alkanes) is 2. The smallest absolute Gasteiger partial charge is 0.336 e. The van der Waals surface area contributed by atoms with Crippen molar-refractivity contribution in [2.24, 2.45) is 0 Å². The monoisotopic (exact) mass is 276 g/mol. The number of benzene rings is 1. The third-order valence-electron chi connectivity index (χ3n) is 3.24. The van der Waals surface area contributed by atoms with Crippen LogP contribution in [-0.4, -0.2) is 5.78 Å². The molecule has 0 N–H and O–H groups in total. The average Bonchev–Trinajstić information content (AvgIpc) is 2.38. The van der Waals surface area contributed by atoms with E-state index in [-0.39, 0.29) is 17.8 Å². The number of Topliss-reactive ketones (excluding diaryl/α,β-unsaturated/α-hetero) is 1. The standard InChI is InChI=1S/C16H17FO3/c1-2-3-4-5-13(18)8-11-9-16(19)20-15-10-12(17)6-7-14(11)15/h6-7,9-10H,2-5,8H2,1H3.